The molecule has 1 aliphatic rings. The highest BCUT2D eigenvalue weighted by molar-refractivity contribution is 7.89. The molecule has 0 radical (unpaired) electrons. The minimum Gasteiger partial charge on any atom is -0.330 e. The molecule has 112 valence electrons. The first kappa shape index (κ1) is 15.5. The van der Waals surface area contributed by atoms with E-state index in [1.807, 2.05) is 19.9 Å². The average Bonchev–Trinajstić information content (AvgIpc) is 2.43. The highest BCUT2D eigenvalue weighted by Crippen LogP contribution is 2.26. The van der Waals surface area contributed by atoms with Gasteiger partial charge in [-0.2, -0.15) is 4.31 Å². The molecular formula is C15H24N2O2S. The van der Waals surface area contributed by atoms with Crippen molar-refractivity contribution in [3.63, 3.8) is 0 Å². The number of benzene rings is 1. The summed E-state index contributed by atoms with van der Waals surface area (Å²) in [4.78, 5) is 0.415. The van der Waals surface area contributed by atoms with Crippen LogP contribution in [0, 0.1) is 19.8 Å². The molecule has 0 bridgehead atoms. The Morgan fingerprint density at radius 2 is 1.85 bits per heavy atom. The van der Waals surface area contributed by atoms with Crippen molar-refractivity contribution in [1.82, 2.24) is 4.31 Å². The van der Waals surface area contributed by atoms with Crippen LogP contribution < -0.4 is 5.73 Å². The molecule has 2 N–H and O–H groups in total. The maximum atomic E-state index is 12.6. The van der Waals surface area contributed by atoms with E-state index in [9.17, 15) is 8.42 Å². The van der Waals surface area contributed by atoms with Crippen molar-refractivity contribution < 1.29 is 8.42 Å². The van der Waals surface area contributed by atoms with Crippen LogP contribution in [0.15, 0.2) is 23.1 Å². The summed E-state index contributed by atoms with van der Waals surface area (Å²) < 4.78 is 26.8. The highest BCUT2D eigenvalue weighted by Gasteiger charge is 2.29. The number of hydrogen-bond acceptors (Lipinski definition) is 3. The molecule has 1 heterocycles. The number of hydrogen-bond donors (Lipinski definition) is 1. The molecule has 0 amide bonds. The van der Waals surface area contributed by atoms with Gasteiger partial charge in [-0.25, -0.2) is 8.42 Å². The number of aryl methyl sites for hydroxylation is 2. The minimum absolute atomic E-state index is 0.415. The topological polar surface area (TPSA) is 63.4 Å². The summed E-state index contributed by atoms with van der Waals surface area (Å²) in [7, 11) is -3.34. The quantitative estimate of drug-likeness (QED) is 0.925. The Labute approximate surface area is 122 Å². The summed E-state index contributed by atoms with van der Waals surface area (Å²) in [5.41, 5.74) is 7.70. The van der Waals surface area contributed by atoms with E-state index in [0.717, 1.165) is 30.4 Å². The molecule has 0 aromatic heterocycles. The van der Waals surface area contributed by atoms with Gasteiger partial charge in [-0.1, -0.05) is 6.07 Å². The zero-order chi connectivity index (χ0) is 14.8. The second-order valence-electron chi connectivity index (χ2n) is 5.67. The van der Waals surface area contributed by atoms with Crippen LogP contribution in [0.4, 0.5) is 0 Å². The van der Waals surface area contributed by atoms with Gasteiger partial charge >= 0.3 is 0 Å². The molecular weight excluding hydrogens is 272 g/mol. The summed E-state index contributed by atoms with van der Waals surface area (Å²) in [6, 6.07) is 5.36. The number of sulfonamides is 1. The van der Waals surface area contributed by atoms with Gasteiger partial charge in [-0.3, -0.25) is 0 Å². The van der Waals surface area contributed by atoms with Gasteiger partial charge < -0.3 is 5.73 Å². The van der Waals surface area contributed by atoms with Crippen molar-refractivity contribution >= 4 is 10.0 Å². The monoisotopic (exact) mass is 296 g/mol. The molecule has 2 rings (SSSR count). The van der Waals surface area contributed by atoms with Crippen molar-refractivity contribution in [2.75, 3.05) is 19.6 Å². The largest absolute Gasteiger partial charge is 0.330 e. The zero-order valence-electron chi connectivity index (χ0n) is 12.3. The van der Waals surface area contributed by atoms with E-state index in [2.05, 4.69) is 0 Å². The predicted octanol–water partition coefficient (Wildman–Crippen LogP) is 2.05. The van der Waals surface area contributed by atoms with Crippen LogP contribution in [0.1, 0.15) is 30.4 Å². The molecule has 0 unspecified atom stereocenters. The molecule has 1 aromatic rings. The first-order valence-electron chi connectivity index (χ1n) is 7.22. The lowest BCUT2D eigenvalue weighted by molar-refractivity contribution is 0.266. The number of nitrogens with two attached hydrogens (primary N) is 1. The average molecular weight is 296 g/mol. The van der Waals surface area contributed by atoms with Crippen LogP contribution in [0.3, 0.4) is 0 Å². The van der Waals surface area contributed by atoms with Crippen LogP contribution in [-0.4, -0.2) is 32.4 Å². The van der Waals surface area contributed by atoms with Crippen molar-refractivity contribution in [3.8, 4) is 0 Å². The second-order valence-corrected chi connectivity index (χ2v) is 7.61. The third-order valence-corrected chi connectivity index (χ3v) is 6.16. The Morgan fingerprint density at radius 1 is 1.20 bits per heavy atom. The zero-order valence-corrected chi connectivity index (χ0v) is 13.1. The smallest absolute Gasteiger partial charge is 0.243 e. The Morgan fingerprint density at radius 3 is 2.40 bits per heavy atom. The molecule has 0 saturated carbocycles. The Balaban J connectivity index is 2.13. The fourth-order valence-corrected chi connectivity index (χ4v) is 4.25. The first-order chi connectivity index (χ1) is 9.45. The van der Waals surface area contributed by atoms with E-state index < -0.39 is 10.0 Å². The summed E-state index contributed by atoms with van der Waals surface area (Å²) in [5.74, 6) is 0.575. The van der Waals surface area contributed by atoms with Crippen molar-refractivity contribution in [1.29, 1.82) is 0 Å². The number of nitrogens with zero attached hydrogens (tertiary/aromatic N) is 1. The normalized spacial score (nSPS) is 18.4. The molecule has 1 saturated heterocycles. The SMILES string of the molecule is Cc1ccc(S(=O)(=O)N2CCC(CCN)CC2)cc1C. The highest BCUT2D eigenvalue weighted by atomic mass is 32.2. The molecule has 4 nitrogen and oxygen atoms in total. The Bertz CT molecular complexity index is 561. The van der Waals surface area contributed by atoms with Gasteiger partial charge in [0.2, 0.25) is 10.0 Å². The Kier molecular flexibility index (Phi) is 4.83. The standard InChI is InChI=1S/C15H24N2O2S/c1-12-3-4-15(11-13(12)2)20(18,19)17-9-6-14(5-8-16)7-10-17/h3-4,11,14H,5-10,16H2,1-2H3. The maximum Gasteiger partial charge on any atom is 0.243 e. The van der Waals surface area contributed by atoms with Gasteiger partial charge in [-0.15, -0.1) is 0 Å². The summed E-state index contributed by atoms with van der Waals surface area (Å²) in [5, 5.41) is 0. The first-order valence-corrected chi connectivity index (χ1v) is 8.66. The lowest BCUT2D eigenvalue weighted by atomic mass is 9.95. The lowest BCUT2D eigenvalue weighted by Gasteiger charge is -2.31. The van der Waals surface area contributed by atoms with Crippen LogP contribution in [0.2, 0.25) is 0 Å². The van der Waals surface area contributed by atoms with Crippen molar-refractivity contribution in [2.24, 2.45) is 11.7 Å². The third-order valence-electron chi connectivity index (χ3n) is 4.26. The van der Waals surface area contributed by atoms with E-state index in [0.29, 0.717) is 30.4 Å². The van der Waals surface area contributed by atoms with E-state index in [1.165, 1.54) is 0 Å². The number of rotatable bonds is 4. The van der Waals surface area contributed by atoms with E-state index in [4.69, 9.17) is 5.73 Å². The molecule has 5 heteroatoms. The second kappa shape index (κ2) is 6.24. The predicted molar refractivity (Wildman–Crippen MR) is 81.1 cm³/mol. The molecule has 0 atom stereocenters. The summed E-state index contributed by atoms with van der Waals surface area (Å²) in [6.45, 7) is 5.85. The van der Waals surface area contributed by atoms with E-state index in [1.54, 1.807) is 16.4 Å². The fourth-order valence-electron chi connectivity index (χ4n) is 2.70. The molecule has 0 spiro atoms. The van der Waals surface area contributed by atoms with E-state index >= 15 is 0 Å². The van der Waals surface area contributed by atoms with Gasteiger partial charge in [0.25, 0.3) is 0 Å². The lowest BCUT2D eigenvalue weighted by Crippen LogP contribution is -2.38. The van der Waals surface area contributed by atoms with Gasteiger partial charge in [0.1, 0.15) is 0 Å². The van der Waals surface area contributed by atoms with Gasteiger partial charge in [0.15, 0.2) is 0 Å². The van der Waals surface area contributed by atoms with Gasteiger partial charge in [0, 0.05) is 13.1 Å². The van der Waals surface area contributed by atoms with Crippen LogP contribution in [-0.2, 0) is 10.0 Å². The van der Waals surface area contributed by atoms with Crippen molar-refractivity contribution in [2.45, 2.75) is 38.0 Å². The van der Waals surface area contributed by atoms with Crippen LogP contribution >= 0.6 is 0 Å². The Hall–Kier alpha value is -0.910. The summed E-state index contributed by atoms with van der Waals surface area (Å²) in [6.07, 6.45) is 2.83. The molecule has 1 fully saturated rings. The number of piperidine rings is 1. The third kappa shape index (κ3) is 3.22. The molecule has 1 aromatic carbocycles. The maximum absolute atomic E-state index is 12.6. The minimum atomic E-state index is -3.34. The molecule has 0 aliphatic carbocycles. The molecule has 1 aliphatic heterocycles. The van der Waals surface area contributed by atoms with Gasteiger partial charge in [0.05, 0.1) is 4.90 Å². The van der Waals surface area contributed by atoms with Gasteiger partial charge in [-0.05, 0) is 68.8 Å². The molecule has 20 heavy (non-hydrogen) atoms. The summed E-state index contributed by atoms with van der Waals surface area (Å²) >= 11 is 0. The van der Waals surface area contributed by atoms with Crippen LogP contribution in [0.25, 0.3) is 0 Å². The van der Waals surface area contributed by atoms with E-state index in [-0.39, 0.29) is 0 Å². The fraction of sp³-hybridized carbons (Fsp3) is 0.600. The van der Waals surface area contributed by atoms with Crippen LogP contribution in [0.5, 0.6) is 0 Å². The van der Waals surface area contributed by atoms with Crippen molar-refractivity contribution in [3.05, 3.63) is 29.3 Å².